The van der Waals surface area contributed by atoms with Crippen molar-refractivity contribution in [1.82, 2.24) is 9.96 Å². The van der Waals surface area contributed by atoms with E-state index in [2.05, 4.69) is 0 Å². The maximum atomic E-state index is 12.1. The highest BCUT2D eigenvalue weighted by Crippen LogP contribution is 2.20. The van der Waals surface area contributed by atoms with Crippen LogP contribution in [0.25, 0.3) is 0 Å². The van der Waals surface area contributed by atoms with Gasteiger partial charge in [-0.2, -0.15) is 0 Å². The summed E-state index contributed by atoms with van der Waals surface area (Å²) in [7, 11) is 0. The third kappa shape index (κ3) is 3.72. The van der Waals surface area contributed by atoms with Crippen LogP contribution in [0.15, 0.2) is 30.3 Å². The van der Waals surface area contributed by atoms with E-state index in [0.717, 1.165) is 12.0 Å². The average molecular weight is 292 g/mol. The number of carbonyl (C=O) groups excluding carboxylic acids is 2. The van der Waals surface area contributed by atoms with Gasteiger partial charge in [0.05, 0.1) is 0 Å². The highest BCUT2D eigenvalue weighted by Gasteiger charge is 2.36. The molecule has 1 heterocycles. The smallest absolute Gasteiger partial charge is 0.344 e. The number of rotatable bonds is 4. The fourth-order valence-electron chi connectivity index (χ4n) is 2.35. The first-order chi connectivity index (χ1) is 10.1. The molecule has 1 aromatic rings. The number of carbonyl (C=O) groups is 2. The predicted octanol–water partition coefficient (Wildman–Crippen LogP) is 2.03. The van der Waals surface area contributed by atoms with Crippen LogP contribution in [0.4, 0.5) is 4.79 Å². The third-order valence-electron chi connectivity index (χ3n) is 3.51. The normalized spacial score (nSPS) is 17.6. The molecule has 0 saturated carbocycles. The van der Waals surface area contributed by atoms with E-state index in [1.165, 1.54) is 4.90 Å². The number of ether oxygens (including phenoxy) is 1. The summed E-state index contributed by atoms with van der Waals surface area (Å²) in [5, 5.41) is 10.1. The number of hydrogen-bond donors (Lipinski definition) is 1. The van der Waals surface area contributed by atoms with Gasteiger partial charge in [-0.25, -0.2) is 14.7 Å². The summed E-state index contributed by atoms with van der Waals surface area (Å²) >= 11 is 0. The van der Waals surface area contributed by atoms with Gasteiger partial charge in [-0.3, -0.25) is 5.21 Å². The lowest BCUT2D eigenvalue weighted by atomic mass is 10.2. The van der Waals surface area contributed by atoms with E-state index in [1.54, 1.807) is 6.92 Å². The quantitative estimate of drug-likeness (QED) is 0.523. The molecule has 0 unspecified atom stereocenters. The van der Waals surface area contributed by atoms with Gasteiger partial charge in [0.15, 0.2) is 0 Å². The Morgan fingerprint density at radius 3 is 2.76 bits per heavy atom. The number of benzene rings is 1. The molecule has 1 saturated heterocycles. The van der Waals surface area contributed by atoms with Gasteiger partial charge in [0.25, 0.3) is 0 Å². The summed E-state index contributed by atoms with van der Waals surface area (Å²) in [6.45, 7) is 2.49. The van der Waals surface area contributed by atoms with Crippen LogP contribution in [0, 0.1) is 0 Å². The standard InChI is InChI=1S/C15H20N2O4/c1-2-17(20)15(19)16-10-6-9-13(16)14(18)21-11-12-7-4-3-5-8-12/h3-5,7-8,13,20H,2,6,9-11H2,1H3/t13-/m0/s1. The van der Waals surface area contributed by atoms with Gasteiger partial charge in [0, 0.05) is 13.1 Å². The van der Waals surface area contributed by atoms with E-state index in [0.29, 0.717) is 18.0 Å². The van der Waals surface area contributed by atoms with Crippen LogP contribution >= 0.6 is 0 Å². The summed E-state index contributed by atoms with van der Waals surface area (Å²) < 4.78 is 5.27. The minimum atomic E-state index is -0.609. The zero-order chi connectivity index (χ0) is 15.2. The van der Waals surface area contributed by atoms with Gasteiger partial charge in [-0.05, 0) is 25.3 Å². The number of hydrogen-bond acceptors (Lipinski definition) is 4. The second-order valence-corrected chi connectivity index (χ2v) is 4.94. The molecule has 21 heavy (non-hydrogen) atoms. The topological polar surface area (TPSA) is 70.1 Å². The fourth-order valence-corrected chi connectivity index (χ4v) is 2.35. The predicted molar refractivity (Wildman–Crippen MR) is 75.5 cm³/mol. The molecule has 114 valence electrons. The number of hydroxylamine groups is 2. The monoisotopic (exact) mass is 292 g/mol. The van der Waals surface area contributed by atoms with Crippen LogP contribution in [-0.2, 0) is 16.1 Å². The first kappa shape index (κ1) is 15.3. The van der Waals surface area contributed by atoms with Crippen molar-refractivity contribution < 1.29 is 19.5 Å². The Labute approximate surface area is 123 Å². The summed E-state index contributed by atoms with van der Waals surface area (Å²) in [5.41, 5.74) is 0.902. The Balaban J connectivity index is 1.93. The molecular formula is C15H20N2O4. The lowest BCUT2D eigenvalue weighted by molar-refractivity contribution is -0.150. The van der Waals surface area contributed by atoms with Crippen molar-refractivity contribution in [3.8, 4) is 0 Å². The van der Waals surface area contributed by atoms with Crippen LogP contribution in [0.3, 0.4) is 0 Å². The van der Waals surface area contributed by atoms with E-state index in [-0.39, 0.29) is 13.2 Å². The van der Waals surface area contributed by atoms with Gasteiger partial charge < -0.3 is 9.64 Å². The number of urea groups is 1. The van der Waals surface area contributed by atoms with Crippen LogP contribution in [0.2, 0.25) is 0 Å². The fraction of sp³-hybridized carbons (Fsp3) is 0.467. The Morgan fingerprint density at radius 1 is 1.38 bits per heavy atom. The molecule has 0 bridgehead atoms. The molecule has 1 N–H and O–H groups in total. The van der Waals surface area contributed by atoms with Crippen molar-refractivity contribution in [2.75, 3.05) is 13.1 Å². The molecule has 0 aromatic heterocycles. The molecule has 1 aliphatic rings. The van der Waals surface area contributed by atoms with Crippen molar-refractivity contribution >= 4 is 12.0 Å². The molecule has 0 aliphatic carbocycles. The highest BCUT2D eigenvalue weighted by molar-refractivity contribution is 5.83. The van der Waals surface area contributed by atoms with E-state index >= 15 is 0 Å². The molecule has 2 amide bonds. The average Bonchev–Trinajstić information content (AvgIpc) is 3.01. The van der Waals surface area contributed by atoms with Crippen molar-refractivity contribution in [2.45, 2.75) is 32.4 Å². The molecular weight excluding hydrogens is 272 g/mol. The van der Waals surface area contributed by atoms with Crippen LogP contribution in [0.5, 0.6) is 0 Å². The number of amides is 2. The minimum Gasteiger partial charge on any atom is -0.459 e. The van der Waals surface area contributed by atoms with Crippen LogP contribution in [0.1, 0.15) is 25.3 Å². The second-order valence-electron chi connectivity index (χ2n) is 4.94. The zero-order valence-electron chi connectivity index (χ0n) is 12.1. The molecule has 6 nitrogen and oxygen atoms in total. The second kappa shape index (κ2) is 7.08. The van der Waals surface area contributed by atoms with Crippen molar-refractivity contribution in [3.05, 3.63) is 35.9 Å². The summed E-state index contributed by atoms with van der Waals surface area (Å²) in [6, 6.07) is 8.23. The Hall–Kier alpha value is -2.08. The number of nitrogens with zero attached hydrogens (tertiary/aromatic N) is 2. The largest absolute Gasteiger partial charge is 0.459 e. The van der Waals surface area contributed by atoms with E-state index < -0.39 is 18.0 Å². The van der Waals surface area contributed by atoms with Gasteiger partial charge in [-0.15, -0.1) is 0 Å². The minimum absolute atomic E-state index is 0.182. The van der Waals surface area contributed by atoms with Gasteiger partial charge in [0.2, 0.25) is 0 Å². The molecule has 1 atom stereocenters. The number of esters is 1. The Bertz CT molecular complexity index is 492. The van der Waals surface area contributed by atoms with E-state index in [1.807, 2.05) is 30.3 Å². The van der Waals surface area contributed by atoms with Crippen molar-refractivity contribution in [2.24, 2.45) is 0 Å². The summed E-state index contributed by atoms with van der Waals surface area (Å²) in [4.78, 5) is 25.5. The first-order valence-corrected chi connectivity index (χ1v) is 7.11. The molecule has 0 radical (unpaired) electrons. The first-order valence-electron chi connectivity index (χ1n) is 7.11. The molecule has 1 aromatic carbocycles. The van der Waals surface area contributed by atoms with Gasteiger partial charge >= 0.3 is 12.0 Å². The third-order valence-corrected chi connectivity index (χ3v) is 3.51. The lowest BCUT2D eigenvalue weighted by Gasteiger charge is -2.26. The van der Waals surface area contributed by atoms with Crippen molar-refractivity contribution in [1.29, 1.82) is 0 Å². The zero-order valence-corrected chi connectivity index (χ0v) is 12.1. The maximum absolute atomic E-state index is 12.1. The SMILES string of the molecule is CCN(O)C(=O)N1CCC[C@H]1C(=O)OCc1ccccc1. The Morgan fingerprint density at radius 2 is 2.10 bits per heavy atom. The molecule has 1 aliphatic heterocycles. The van der Waals surface area contributed by atoms with E-state index in [4.69, 9.17) is 4.74 Å². The summed E-state index contributed by atoms with van der Waals surface area (Å²) in [5.74, 6) is -0.422. The Kier molecular flexibility index (Phi) is 5.16. The lowest BCUT2D eigenvalue weighted by Crippen LogP contribution is -2.47. The summed E-state index contributed by atoms with van der Waals surface area (Å²) in [6.07, 6.45) is 1.30. The molecule has 0 spiro atoms. The highest BCUT2D eigenvalue weighted by atomic mass is 16.5. The molecule has 1 fully saturated rings. The molecule has 2 rings (SSSR count). The van der Waals surface area contributed by atoms with Crippen LogP contribution < -0.4 is 0 Å². The number of likely N-dealkylation sites (tertiary alicyclic amines) is 1. The van der Waals surface area contributed by atoms with Gasteiger partial charge in [0.1, 0.15) is 12.6 Å². The van der Waals surface area contributed by atoms with Crippen molar-refractivity contribution in [3.63, 3.8) is 0 Å². The molecule has 6 heteroatoms. The van der Waals surface area contributed by atoms with E-state index in [9.17, 15) is 14.8 Å². The van der Waals surface area contributed by atoms with Gasteiger partial charge in [-0.1, -0.05) is 30.3 Å². The maximum Gasteiger partial charge on any atom is 0.344 e. The van der Waals surface area contributed by atoms with Crippen LogP contribution in [-0.4, -0.2) is 46.3 Å².